The molecule has 0 heterocycles. The molecule has 2 unspecified atom stereocenters. The molecule has 0 aliphatic rings. The first-order valence-corrected chi connectivity index (χ1v) is 22.0. The first kappa shape index (κ1) is 48.6. The molecule has 0 amide bonds. The van der Waals surface area contributed by atoms with Gasteiger partial charge in [0.2, 0.25) is 0 Å². The molecule has 0 bridgehead atoms. The third kappa shape index (κ3) is 37.8. The van der Waals surface area contributed by atoms with Crippen LogP contribution in [-0.4, -0.2) is 43.3 Å². The first-order valence-electron chi connectivity index (χ1n) is 20.5. The van der Waals surface area contributed by atoms with Gasteiger partial charge in [-0.25, -0.2) is 4.57 Å². The Morgan fingerprint density at radius 2 is 1.02 bits per heavy atom. The highest BCUT2D eigenvalue weighted by Gasteiger charge is 2.25. The Bertz CT molecular complexity index is 864. The summed E-state index contributed by atoms with van der Waals surface area (Å²) in [7, 11) is -4.29. The van der Waals surface area contributed by atoms with Crippen molar-refractivity contribution in [3.05, 3.63) is 36.6 Å². The van der Waals surface area contributed by atoms with Crippen LogP contribution in [-0.2, 0) is 27.9 Å². The van der Waals surface area contributed by atoms with Crippen LogP contribution >= 0.6 is 7.82 Å². The van der Waals surface area contributed by atoms with Crippen LogP contribution in [0.15, 0.2) is 36.6 Å². The highest BCUT2D eigenvalue weighted by atomic mass is 31.2. The summed E-state index contributed by atoms with van der Waals surface area (Å²) in [5.41, 5.74) is 5.35. The molecule has 0 aliphatic carbocycles. The van der Waals surface area contributed by atoms with Gasteiger partial charge in [0, 0.05) is 13.0 Å². The van der Waals surface area contributed by atoms with Gasteiger partial charge in [0.05, 0.1) is 19.5 Å². The molecule has 294 valence electrons. The van der Waals surface area contributed by atoms with Crippen LogP contribution in [0.25, 0.3) is 0 Å². The van der Waals surface area contributed by atoms with Gasteiger partial charge in [-0.05, 0) is 76.7 Å². The van der Waals surface area contributed by atoms with E-state index in [-0.39, 0.29) is 32.3 Å². The summed E-state index contributed by atoms with van der Waals surface area (Å²) in [5, 5.41) is 0. The molecule has 0 saturated heterocycles. The second kappa shape index (κ2) is 38.8. The Labute approximate surface area is 308 Å². The number of carbonyl (C=O) groups excluding carboxylic acids is 1. The van der Waals surface area contributed by atoms with Crippen LogP contribution in [0.3, 0.4) is 0 Å². The summed E-state index contributed by atoms with van der Waals surface area (Å²) in [6.07, 6.45) is 43.9. The molecule has 0 aromatic heterocycles. The Kier molecular flexibility index (Phi) is 37.7. The fourth-order valence-electron chi connectivity index (χ4n) is 5.54. The molecule has 0 radical (unpaired) electrons. The van der Waals surface area contributed by atoms with E-state index in [1.807, 2.05) is 6.08 Å². The lowest BCUT2D eigenvalue weighted by molar-refractivity contribution is -0.153. The van der Waals surface area contributed by atoms with Gasteiger partial charge in [-0.2, -0.15) is 0 Å². The van der Waals surface area contributed by atoms with Crippen LogP contribution in [0.2, 0.25) is 0 Å². The van der Waals surface area contributed by atoms with Crippen molar-refractivity contribution < 1.29 is 32.8 Å². The van der Waals surface area contributed by atoms with E-state index in [4.69, 9.17) is 24.3 Å². The second-order valence-electron chi connectivity index (χ2n) is 13.6. The number of nitrogens with two attached hydrogens (primary N) is 1. The van der Waals surface area contributed by atoms with E-state index < -0.39 is 13.9 Å². The molecular formula is C41H78NO7P. The van der Waals surface area contributed by atoms with Crippen molar-refractivity contribution in [2.75, 3.05) is 26.4 Å². The van der Waals surface area contributed by atoms with Gasteiger partial charge in [-0.3, -0.25) is 13.8 Å². The molecule has 9 heteroatoms. The molecule has 8 nitrogen and oxygen atoms in total. The van der Waals surface area contributed by atoms with Crippen LogP contribution < -0.4 is 5.73 Å². The van der Waals surface area contributed by atoms with Crippen molar-refractivity contribution in [3.63, 3.8) is 0 Å². The zero-order valence-electron chi connectivity index (χ0n) is 32.4. The molecule has 0 fully saturated rings. The molecule has 0 aromatic rings. The van der Waals surface area contributed by atoms with E-state index in [2.05, 4.69) is 38.2 Å². The van der Waals surface area contributed by atoms with Gasteiger partial charge >= 0.3 is 13.8 Å². The molecule has 0 aliphatic heterocycles. The van der Waals surface area contributed by atoms with Crippen LogP contribution in [0.5, 0.6) is 0 Å². The predicted octanol–water partition coefficient (Wildman–Crippen LogP) is 12.2. The zero-order chi connectivity index (χ0) is 36.6. The maximum absolute atomic E-state index is 12.5. The van der Waals surface area contributed by atoms with Gasteiger partial charge in [0.1, 0.15) is 6.61 Å². The maximum Gasteiger partial charge on any atom is 0.472 e. The highest BCUT2D eigenvalue weighted by Crippen LogP contribution is 2.43. The molecule has 50 heavy (non-hydrogen) atoms. The maximum atomic E-state index is 12.5. The predicted molar refractivity (Wildman–Crippen MR) is 210 cm³/mol. The Morgan fingerprint density at radius 3 is 1.50 bits per heavy atom. The number of phosphoric acid groups is 1. The van der Waals surface area contributed by atoms with Gasteiger partial charge in [0.15, 0.2) is 6.10 Å². The molecule has 0 saturated carbocycles. The first-order chi connectivity index (χ1) is 24.4. The summed E-state index contributed by atoms with van der Waals surface area (Å²) in [5.74, 6) is -0.363. The minimum Gasteiger partial charge on any atom is -0.498 e. The number of hydrogen-bond donors (Lipinski definition) is 2. The fourth-order valence-corrected chi connectivity index (χ4v) is 6.30. The number of allylic oxidation sites excluding steroid dienone is 5. The number of esters is 1. The summed E-state index contributed by atoms with van der Waals surface area (Å²) in [4.78, 5) is 22.4. The number of rotatable bonds is 39. The Morgan fingerprint density at radius 1 is 0.600 bits per heavy atom. The van der Waals surface area contributed by atoms with Crippen molar-refractivity contribution in [3.8, 4) is 0 Å². The average molecular weight is 728 g/mol. The Hall–Kier alpha value is -1.44. The monoisotopic (exact) mass is 728 g/mol. The Balaban J connectivity index is 4.13. The smallest absolute Gasteiger partial charge is 0.472 e. The molecule has 3 N–H and O–H groups in total. The summed E-state index contributed by atoms with van der Waals surface area (Å²) < 4.78 is 33.1. The van der Waals surface area contributed by atoms with Crippen molar-refractivity contribution in [1.29, 1.82) is 0 Å². The van der Waals surface area contributed by atoms with E-state index in [9.17, 15) is 14.3 Å². The average Bonchev–Trinajstić information content (AvgIpc) is 3.10. The van der Waals surface area contributed by atoms with Crippen LogP contribution in [0.4, 0.5) is 0 Å². The quantitative estimate of drug-likeness (QED) is 0.0211. The highest BCUT2D eigenvalue weighted by molar-refractivity contribution is 7.47. The largest absolute Gasteiger partial charge is 0.498 e. The molecule has 2 atom stereocenters. The fraction of sp³-hybridized carbons (Fsp3) is 0.829. The minimum absolute atomic E-state index is 0.0265. The van der Waals surface area contributed by atoms with Gasteiger partial charge in [-0.1, -0.05) is 134 Å². The van der Waals surface area contributed by atoms with E-state index in [0.29, 0.717) is 6.42 Å². The van der Waals surface area contributed by atoms with E-state index in [1.54, 1.807) is 6.26 Å². The number of ether oxygens (including phenoxy) is 2. The standard InChI is InChI=1S/C41H78NO7P/c1-3-5-7-9-11-13-15-17-19-21-23-25-27-29-31-33-36-46-38-40(39-48-50(44,45)47-37-35-42)49-41(43)34-32-30-28-26-24-22-20-18-16-14-12-10-8-6-4-2/h13,15,18,20,33,36,40H,3-12,14,16-17,19,21-32,34-35,37-39,42H2,1-2H3,(H,44,45). The SMILES string of the molecule is CCCCCCC=CCCCCCCCCC=COCC(COP(=O)(O)OCCN)OC(=O)CCCCCCCC=CCCCCCCCC. The lowest BCUT2D eigenvalue weighted by Crippen LogP contribution is -2.27. The van der Waals surface area contributed by atoms with Gasteiger partial charge in [-0.15, -0.1) is 0 Å². The van der Waals surface area contributed by atoms with Gasteiger partial charge < -0.3 is 20.1 Å². The normalized spacial score (nSPS) is 13.8. The number of hydrogen-bond acceptors (Lipinski definition) is 7. The summed E-state index contributed by atoms with van der Waals surface area (Å²) in [6, 6.07) is 0. The molecule has 0 aromatic carbocycles. The lowest BCUT2D eigenvalue weighted by atomic mass is 10.1. The number of carbonyl (C=O) groups is 1. The second-order valence-corrected chi connectivity index (χ2v) is 15.0. The lowest BCUT2D eigenvalue weighted by Gasteiger charge is -2.19. The van der Waals surface area contributed by atoms with E-state index in [1.165, 1.54) is 122 Å². The van der Waals surface area contributed by atoms with Crippen molar-refractivity contribution in [2.45, 2.75) is 193 Å². The van der Waals surface area contributed by atoms with E-state index in [0.717, 1.165) is 44.9 Å². The van der Waals surface area contributed by atoms with Crippen LogP contribution in [0.1, 0.15) is 187 Å². The summed E-state index contributed by atoms with van der Waals surface area (Å²) >= 11 is 0. The van der Waals surface area contributed by atoms with Gasteiger partial charge in [0.25, 0.3) is 0 Å². The van der Waals surface area contributed by atoms with Crippen LogP contribution in [0, 0.1) is 0 Å². The molecule has 0 spiro atoms. The van der Waals surface area contributed by atoms with Crippen molar-refractivity contribution in [2.24, 2.45) is 5.73 Å². The topological polar surface area (TPSA) is 117 Å². The third-order valence-corrected chi connectivity index (χ3v) is 9.58. The third-order valence-electron chi connectivity index (χ3n) is 8.59. The van der Waals surface area contributed by atoms with Crippen molar-refractivity contribution in [1.82, 2.24) is 0 Å². The zero-order valence-corrected chi connectivity index (χ0v) is 33.3. The molecular weight excluding hydrogens is 649 g/mol. The number of phosphoric ester groups is 1. The van der Waals surface area contributed by atoms with E-state index >= 15 is 0 Å². The minimum atomic E-state index is -4.29. The summed E-state index contributed by atoms with van der Waals surface area (Å²) in [6.45, 7) is 4.21. The van der Waals surface area contributed by atoms with Crippen molar-refractivity contribution >= 4 is 13.8 Å². The molecule has 0 rings (SSSR count). The number of unbranched alkanes of at least 4 members (excludes halogenated alkanes) is 22.